The van der Waals surface area contributed by atoms with Gasteiger partial charge >= 0.3 is 0 Å². The molecule has 1 aromatic carbocycles. The van der Waals surface area contributed by atoms with Gasteiger partial charge in [0.05, 0.1) is 24.0 Å². The first-order valence-corrected chi connectivity index (χ1v) is 11.3. The van der Waals surface area contributed by atoms with Crippen LogP contribution in [0.2, 0.25) is 0 Å². The van der Waals surface area contributed by atoms with Crippen LogP contribution in [0.5, 0.6) is 0 Å². The van der Waals surface area contributed by atoms with E-state index in [0.717, 1.165) is 12.0 Å². The fourth-order valence-corrected chi connectivity index (χ4v) is 5.88. The average molecular weight is 432 g/mol. The number of ether oxygens (including phenoxy) is 1. The van der Waals surface area contributed by atoms with Gasteiger partial charge in [0, 0.05) is 13.6 Å². The zero-order chi connectivity index (χ0) is 21.3. The Morgan fingerprint density at radius 1 is 1.20 bits per heavy atom. The number of nitrogens with zero attached hydrogens (tertiary/aromatic N) is 5. The zero-order valence-corrected chi connectivity index (χ0v) is 18.1. The van der Waals surface area contributed by atoms with Crippen LogP contribution in [0.25, 0.3) is 0 Å². The van der Waals surface area contributed by atoms with Crippen LogP contribution in [-0.2, 0) is 35.0 Å². The van der Waals surface area contributed by atoms with Crippen molar-refractivity contribution in [3.8, 4) is 0 Å². The maximum Gasteiger partial charge on any atom is 0.252 e. The van der Waals surface area contributed by atoms with Crippen LogP contribution < -0.4 is 0 Å². The van der Waals surface area contributed by atoms with Crippen molar-refractivity contribution in [2.75, 3.05) is 6.54 Å². The fraction of sp³-hybridized carbons (Fsp3) is 0.450. The average Bonchev–Trinajstić information content (AvgIpc) is 3.43. The minimum atomic E-state index is -3.72. The van der Waals surface area contributed by atoms with Gasteiger partial charge in [-0.25, -0.2) is 8.42 Å². The first-order chi connectivity index (χ1) is 14.4. The molecule has 0 bridgehead atoms. The van der Waals surface area contributed by atoms with E-state index in [2.05, 4.69) is 15.2 Å². The van der Waals surface area contributed by atoms with Crippen LogP contribution in [0.3, 0.4) is 0 Å². The fourth-order valence-electron chi connectivity index (χ4n) is 3.82. The highest BCUT2D eigenvalue weighted by Gasteiger charge is 2.41. The number of aryl methyl sites for hydroxylation is 2. The Balaban J connectivity index is 1.49. The van der Waals surface area contributed by atoms with Gasteiger partial charge in [-0.3, -0.25) is 4.68 Å². The van der Waals surface area contributed by atoms with E-state index in [0.29, 0.717) is 42.7 Å². The molecule has 3 heterocycles. The molecule has 30 heavy (non-hydrogen) atoms. The summed E-state index contributed by atoms with van der Waals surface area (Å²) in [6, 6.07) is 9.34. The van der Waals surface area contributed by atoms with Crippen molar-refractivity contribution in [1.29, 1.82) is 0 Å². The summed E-state index contributed by atoms with van der Waals surface area (Å²) >= 11 is 0. The Labute approximate surface area is 175 Å². The number of aromatic nitrogens is 4. The van der Waals surface area contributed by atoms with Gasteiger partial charge in [-0.2, -0.15) is 14.4 Å². The third-order valence-electron chi connectivity index (χ3n) is 5.33. The Bertz CT molecular complexity index is 1120. The molecule has 0 N–H and O–H groups in total. The molecule has 0 saturated carbocycles. The van der Waals surface area contributed by atoms with E-state index in [1.165, 1.54) is 4.31 Å². The molecule has 160 valence electrons. The summed E-state index contributed by atoms with van der Waals surface area (Å²) in [6.07, 6.45) is 1.37. The van der Waals surface area contributed by atoms with E-state index in [-0.39, 0.29) is 11.5 Å². The predicted octanol–water partition coefficient (Wildman–Crippen LogP) is 2.66. The highest BCUT2D eigenvalue weighted by Crippen LogP contribution is 2.36. The quantitative estimate of drug-likeness (QED) is 0.566. The summed E-state index contributed by atoms with van der Waals surface area (Å²) in [6.45, 7) is 4.48. The van der Waals surface area contributed by atoms with Crippen LogP contribution in [0.4, 0.5) is 0 Å². The van der Waals surface area contributed by atoms with E-state index < -0.39 is 16.1 Å². The van der Waals surface area contributed by atoms with Gasteiger partial charge in [0.1, 0.15) is 11.5 Å². The Morgan fingerprint density at radius 3 is 2.67 bits per heavy atom. The molecule has 0 spiro atoms. The Morgan fingerprint density at radius 2 is 1.97 bits per heavy atom. The maximum atomic E-state index is 13.4. The van der Waals surface area contributed by atoms with E-state index in [1.54, 1.807) is 25.6 Å². The van der Waals surface area contributed by atoms with Crippen molar-refractivity contribution >= 4 is 10.0 Å². The molecule has 1 fully saturated rings. The topological polar surface area (TPSA) is 103 Å². The lowest BCUT2D eigenvalue weighted by Crippen LogP contribution is -2.32. The second kappa shape index (κ2) is 8.29. The lowest BCUT2D eigenvalue weighted by atomic mass is 10.2. The molecule has 2 aromatic heterocycles. The number of sulfonamides is 1. The first kappa shape index (κ1) is 20.7. The van der Waals surface area contributed by atoms with Crippen molar-refractivity contribution < 1.29 is 17.7 Å². The molecule has 0 amide bonds. The van der Waals surface area contributed by atoms with Crippen LogP contribution in [-0.4, -0.2) is 39.2 Å². The van der Waals surface area contributed by atoms with Crippen LogP contribution in [0, 0.1) is 13.8 Å². The van der Waals surface area contributed by atoms with E-state index in [9.17, 15) is 8.42 Å². The van der Waals surface area contributed by atoms with Gasteiger partial charge < -0.3 is 9.26 Å². The molecule has 4 rings (SSSR count). The largest absolute Gasteiger partial charge is 0.367 e. The molecule has 0 radical (unpaired) electrons. The highest BCUT2D eigenvalue weighted by atomic mass is 32.2. The summed E-state index contributed by atoms with van der Waals surface area (Å²) in [7, 11) is -1.98. The molecule has 0 aliphatic carbocycles. The van der Waals surface area contributed by atoms with Crippen molar-refractivity contribution in [2.45, 2.75) is 50.8 Å². The molecule has 10 heteroatoms. The number of rotatable bonds is 7. The Hall–Kier alpha value is -2.56. The predicted molar refractivity (Wildman–Crippen MR) is 108 cm³/mol. The van der Waals surface area contributed by atoms with Crippen molar-refractivity contribution in [1.82, 2.24) is 24.2 Å². The number of hydrogen-bond acceptors (Lipinski definition) is 7. The van der Waals surface area contributed by atoms with Gasteiger partial charge in [0.2, 0.25) is 10.0 Å². The first-order valence-electron chi connectivity index (χ1n) is 9.84. The van der Waals surface area contributed by atoms with Crippen molar-refractivity contribution in [2.24, 2.45) is 7.05 Å². The molecule has 1 atom stereocenters. The highest BCUT2D eigenvalue weighted by molar-refractivity contribution is 7.89. The van der Waals surface area contributed by atoms with E-state index in [1.807, 2.05) is 30.3 Å². The standard InChI is InChI=1S/C20H25N5O4S/c1-14-19(15(2)24(3)22-14)30(26,27)25-11-7-10-17(25)20-21-18(29-23-20)13-28-12-16-8-5-4-6-9-16/h4-6,8-9,17H,7,10-13H2,1-3H3/t17-/m0/s1. The minimum Gasteiger partial charge on any atom is -0.367 e. The van der Waals surface area contributed by atoms with Crippen LogP contribution in [0.1, 0.15) is 47.5 Å². The molecule has 0 unspecified atom stereocenters. The third kappa shape index (κ3) is 3.90. The molecule has 9 nitrogen and oxygen atoms in total. The van der Waals surface area contributed by atoms with Gasteiger partial charge in [-0.05, 0) is 32.3 Å². The lowest BCUT2D eigenvalue weighted by Gasteiger charge is -2.21. The molecular formula is C20H25N5O4S. The van der Waals surface area contributed by atoms with Crippen LogP contribution >= 0.6 is 0 Å². The van der Waals surface area contributed by atoms with Crippen molar-refractivity contribution in [3.63, 3.8) is 0 Å². The second-order valence-corrected chi connectivity index (χ2v) is 9.25. The summed E-state index contributed by atoms with van der Waals surface area (Å²) in [5, 5.41) is 8.29. The lowest BCUT2D eigenvalue weighted by molar-refractivity contribution is 0.0850. The summed E-state index contributed by atoms with van der Waals surface area (Å²) in [5.74, 6) is 0.701. The number of benzene rings is 1. The third-order valence-corrected chi connectivity index (χ3v) is 7.49. The molecular weight excluding hydrogens is 406 g/mol. The summed E-state index contributed by atoms with van der Waals surface area (Å²) in [4.78, 5) is 4.66. The maximum absolute atomic E-state index is 13.4. The molecule has 1 aliphatic rings. The SMILES string of the molecule is Cc1nn(C)c(C)c1S(=O)(=O)N1CCC[C@H]1c1noc(COCc2ccccc2)n1. The zero-order valence-electron chi connectivity index (χ0n) is 17.3. The normalized spacial score (nSPS) is 17.6. The summed E-state index contributed by atoms with van der Waals surface area (Å²) < 4.78 is 40.7. The van der Waals surface area contributed by atoms with E-state index >= 15 is 0 Å². The van der Waals surface area contributed by atoms with Gasteiger partial charge in [0.25, 0.3) is 5.89 Å². The minimum absolute atomic E-state index is 0.169. The Kier molecular flexibility index (Phi) is 5.72. The molecule has 3 aromatic rings. The van der Waals surface area contributed by atoms with Crippen molar-refractivity contribution in [3.05, 3.63) is 59.0 Å². The van der Waals surface area contributed by atoms with Gasteiger partial charge in [-0.15, -0.1) is 0 Å². The molecule has 1 saturated heterocycles. The number of hydrogen-bond donors (Lipinski definition) is 0. The summed E-state index contributed by atoms with van der Waals surface area (Å²) in [5.41, 5.74) is 2.15. The van der Waals surface area contributed by atoms with Crippen LogP contribution in [0.15, 0.2) is 39.8 Å². The monoisotopic (exact) mass is 431 g/mol. The van der Waals surface area contributed by atoms with Gasteiger partial charge in [-0.1, -0.05) is 35.5 Å². The van der Waals surface area contributed by atoms with Gasteiger partial charge in [0.15, 0.2) is 5.82 Å². The second-order valence-electron chi connectivity index (χ2n) is 7.42. The molecule has 1 aliphatic heterocycles. The smallest absolute Gasteiger partial charge is 0.252 e. The van der Waals surface area contributed by atoms with E-state index in [4.69, 9.17) is 9.26 Å².